The van der Waals surface area contributed by atoms with Gasteiger partial charge in [0.05, 0.1) is 12.6 Å². The molecule has 1 aliphatic heterocycles. The molecule has 1 fully saturated rings. The number of carbonyl (C=O) groups excluding carboxylic acids is 2. The van der Waals surface area contributed by atoms with Gasteiger partial charge in [-0.2, -0.15) is 0 Å². The number of likely N-dealkylation sites (tertiary alicyclic amines) is 1. The number of nitrogens with two attached hydrogens (primary N) is 1. The lowest BCUT2D eigenvalue weighted by atomic mass is 10.0. The summed E-state index contributed by atoms with van der Waals surface area (Å²) in [4.78, 5) is 27.9. The van der Waals surface area contributed by atoms with E-state index in [4.69, 9.17) is 10.5 Å². The van der Waals surface area contributed by atoms with Gasteiger partial charge in [-0.15, -0.1) is 0 Å². The maximum atomic E-state index is 12.4. The third-order valence-corrected chi connectivity index (χ3v) is 3.78. The molecule has 1 aliphatic rings. The van der Waals surface area contributed by atoms with Crippen molar-refractivity contribution < 1.29 is 14.3 Å². The van der Waals surface area contributed by atoms with Crippen LogP contribution < -0.4 is 5.73 Å². The van der Waals surface area contributed by atoms with E-state index in [1.54, 1.807) is 9.80 Å². The summed E-state index contributed by atoms with van der Waals surface area (Å²) in [6.45, 7) is 10.7. The minimum atomic E-state index is -0.510. The zero-order chi connectivity index (χ0) is 16.9. The number of amides is 2. The minimum absolute atomic E-state index is 0.00139. The summed E-state index contributed by atoms with van der Waals surface area (Å²) < 4.78 is 5.50. The number of hydrogen-bond donors (Lipinski definition) is 1. The number of rotatable bonds is 4. The topological polar surface area (TPSA) is 75.9 Å². The van der Waals surface area contributed by atoms with Crippen molar-refractivity contribution in [3.8, 4) is 0 Å². The number of ether oxygens (including phenoxy) is 1. The molecule has 1 rings (SSSR count). The van der Waals surface area contributed by atoms with Gasteiger partial charge in [0.15, 0.2) is 0 Å². The lowest BCUT2D eigenvalue weighted by molar-refractivity contribution is -0.132. The number of hydrogen-bond acceptors (Lipinski definition) is 4. The van der Waals surface area contributed by atoms with Crippen LogP contribution in [0.3, 0.4) is 0 Å². The van der Waals surface area contributed by atoms with Crippen LogP contribution in [0.5, 0.6) is 0 Å². The molecule has 0 saturated carbocycles. The maximum absolute atomic E-state index is 12.4. The standard InChI is InChI=1S/C16H31N3O3/c1-12(2)19(14(20)10-17)11-13-8-6-7-9-18(13)15(21)22-16(3,4)5/h12-13H,6-11,17H2,1-5H3/t13-/m0/s1. The van der Waals surface area contributed by atoms with Crippen LogP contribution in [0.25, 0.3) is 0 Å². The highest BCUT2D eigenvalue weighted by Gasteiger charge is 2.32. The van der Waals surface area contributed by atoms with Gasteiger partial charge in [-0.05, 0) is 53.9 Å². The van der Waals surface area contributed by atoms with Gasteiger partial charge in [0, 0.05) is 19.1 Å². The molecule has 6 heteroatoms. The molecule has 0 spiro atoms. The smallest absolute Gasteiger partial charge is 0.410 e. The number of carbonyl (C=O) groups is 2. The van der Waals surface area contributed by atoms with E-state index in [1.807, 2.05) is 34.6 Å². The fourth-order valence-corrected chi connectivity index (χ4v) is 2.70. The van der Waals surface area contributed by atoms with Crippen LogP contribution in [0.4, 0.5) is 4.79 Å². The van der Waals surface area contributed by atoms with Crippen molar-refractivity contribution >= 4 is 12.0 Å². The van der Waals surface area contributed by atoms with Gasteiger partial charge in [-0.25, -0.2) is 4.79 Å². The van der Waals surface area contributed by atoms with E-state index in [0.29, 0.717) is 13.1 Å². The van der Waals surface area contributed by atoms with Crippen LogP contribution in [0.15, 0.2) is 0 Å². The van der Waals surface area contributed by atoms with Crippen molar-refractivity contribution in [2.75, 3.05) is 19.6 Å². The molecule has 2 amide bonds. The Morgan fingerprint density at radius 1 is 1.32 bits per heavy atom. The molecule has 0 aliphatic carbocycles. The van der Waals surface area contributed by atoms with Crippen molar-refractivity contribution in [3.63, 3.8) is 0 Å². The van der Waals surface area contributed by atoms with Crippen LogP contribution in [-0.4, -0.2) is 59.1 Å². The molecule has 128 valence electrons. The Kier molecular flexibility index (Phi) is 6.66. The highest BCUT2D eigenvalue weighted by atomic mass is 16.6. The second-order valence-electron chi connectivity index (χ2n) is 7.17. The summed E-state index contributed by atoms with van der Waals surface area (Å²) in [5, 5.41) is 0. The lowest BCUT2D eigenvalue weighted by Gasteiger charge is -2.40. The predicted molar refractivity (Wildman–Crippen MR) is 86.5 cm³/mol. The SMILES string of the molecule is CC(C)N(C[C@@H]1CCCCN1C(=O)OC(C)(C)C)C(=O)CN. The molecule has 1 saturated heterocycles. The Hall–Kier alpha value is -1.30. The highest BCUT2D eigenvalue weighted by molar-refractivity contribution is 5.78. The van der Waals surface area contributed by atoms with E-state index in [9.17, 15) is 9.59 Å². The number of piperidine rings is 1. The first-order chi connectivity index (χ1) is 10.2. The molecule has 0 unspecified atom stereocenters. The Morgan fingerprint density at radius 3 is 2.45 bits per heavy atom. The van der Waals surface area contributed by atoms with E-state index in [1.165, 1.54) is 0 Å². The molecule has 22 heavy (non-hydrogen) atoms. The summed E-state index contributed by atoms with van der Waals surface area (Å²) in [7, 11) is 0. The zero-order valence-corrected chi connectivity index (χ0v) is 14.6. The first-order valence-corrected chi connectivity index (χ1v) is 8.15. The van der Waals surface area contributed by atoms with E-state index >= 15 is 0 Å². The molecule has 6 nitrogen and oxygen atoms in total. The molecule has 0 aromatic heterocycles. The Bertz CT molecular complexity index is 391. The van der Waals surface area contributed by atoms with Gasteiger partial charge >= 0.3 is 6.09 Å². The van der Waals surface area contributed by atoms with E-state index < -0.39 is 5.60 Å². The van der Waals surface area contributed by atoms with Gasteiger partial charge < -0.3 is 20.3 Å². The fourth-order valence-electron chi connectivity index (χ4n) is 2.70. The van der Waals surface area contributed by atoms with Crippen molar-refractivity contribution in [2.24, 2.45) is 5.73 Å². The molecule has 0 aromatic carbocycles. The van der Waals surface area contributed by atoms with Gasteiger partial charge in [0.2, 0.25) is 5.91 Å². The maximum Gasteiger partial charge on any atom is 0.410 e. The van der Waals surface area contributed by atoms with Crippen molar-refractivity contribution in [3.05, 3.63) is 0 Å². The quantitative estimate of drug-likeness (QED) is 0.861. The summed E-state index contributed by atoms with van der Waals surface area (Å²) in [5.41, 5.74) is 4.99. The first-order valence-electron chi connectivity index (χ1n) is 8.15. The van der Waals surface area contributed by atoms with Crippen LogP contribution in [0, 0.1) is 0 Å². The van der Waals surface area contributed by atoms with Gasteiger partial charge in [0.1, 0.15) is 5.60 Å². The largest absolute Gasteiger partial charge is 0.444 e. The van der Waals surface area contributed by atoms with Crippen molar-refractivity contribution in [1.82, 2.24) is 9.80 Å². The second-order valence-corrected chi connectivity index (χ2v) is 7.17. The Labute approximate surface area is 134 Å². The Balaban J connectivity index is 2.80. The number of nitrogens with zero attached hydrogens (tertiary/aromatic N) is 2. The van der Waals surface area contributed by atoms with E-state index in [-0.39, 0.29) is 30.6 Å². The van der Waals surface area contributed by atoms with E-state index in [0.717, 1.165) is 19.3 Å². The van der Waals surface area contributed by atoms with Crippen LogP contribution in [0.1, 0.15) is 53.9 Å². The van der Waals surface area contributed by atoms with Crippen molar-refractivity contribution in [2.45, 2.75) is 71.6 Å². The van der Waals surface area contributed by atoms with E-state index in [2.05, 4.69) is 0 Å². The van der Waals surface area contributed by atoms with Crippen LogP contribution in [-0.2, 0) is 9.53 Å². The van der Waals surface area contributed by atoms with Gasteiger partial charge in [-0.3, -0.25) is 4.79 Å². The molecular formula is C16H31N3O3. The normalized spacial score (nSPS) is 19.2. The van der Waals surface area contributed by atoms with Crippen LogP contribution in [0.2, 0.25) is 0 Å². The third-order valence-electron chi connectivity index (χ3n) is 3.78. The van der Waals surface area contributed by atoms with Crippen molar-refractivity contribution in [1.29, 1.82) is 0 Å². The van der Waals surface area contributed by atoms with Gasteiger partial charge in [0.25, 0.3) is 0 Å². The molecule has 0 aromatic rings. The fraction of sp³-hybridized carbons (Fsp3) is 0.875. The minimum Gasteiger partial charge on any atom is -0.444 e. The summed E-state index contributed by atoms with van der Waals surface area (Å²) in [5.74, 6) is -0.0790. The molecule has 2 N–H and O–H groups in total. The average molecular weight is 313 g/mol. The summed E-state index contributed by atoms with van der Waals surface area (Å²) in [6, 6.07) is 0.0694. The average Bonchev–Trinajstić information content (AvgIpc) is 2.42. The zero-order valence-electron chi connectivity index (χ0n) is 14.6. The second kappa shape index (κ2) is 7.81. The Morgan fingerprint density at radius 2 is 1.95 bits per heavy atom. The molecule has 0 bridgehead atoms. The predicted octanol–water partition coefficient (Wildman–Crippen LogP) is 1.97. The molecule has 1 atom stereocenters. The monoisotopic (exact) mass is 313 g/mol. The molecule has 1 heterocycles. The summed E-state index contributed by atoms with van der Waals surface area (Å²) >= 11 is 0. The first kappa shape index (κ1) is 18.7. The molecular weight excluding hydrogens is 282 g/mol. The highest BCUT2D eigenvalue weighted by Crippen LogP contribution is 2.22. The third kappa shape index (κ3) is 5.48. The van der Waals surface area contributed by atoms with Crippen LogP contribution >= 0.6 is 0 Å². The van der Waals surface area contributed by atoms with Gasteiger partial charge in [-0.1, -0.05) is 0 Å². The summed E-state index contributed by atoms with van der Waals surface area (Å²) in [6.07, 6.45) is 2.64. The lowest BCUT2D eigenvalue weighted by Crippen LogP contribution is -2.53. The molecule has 0 radical (unpaired) electrons.